The highest BCUT2D eigenvalue weighted by Gasteiger charge is 2.15. The van der Waals surface area contributed by atoms with Gasteiger partial charge in [0.05, 0.1) is 5.03 Å². The van der Waals surface area contributed by atoms with Gasteiger partial charge in [0.2, 0.25) is 0 Å². The highest BCUT2D eigenvalue weighted by atomic mass is 35.5. The van der Waals surface area contributed by atoms with Crippen LogP contribution in [-0.4, -0.2) is 30.6 Å². The summed E-state index contributed by atoms with van der Waals surface area (Å²) in [5.41, 5.74) is 7.22. The third-order valence-electron chi connectivity index (χ3n) is 3.47. The summed E-state index contributed by atoms with van der Waals surface area (Å²) >= 11 is 12.2. The fourth-order valence-electron chi connectivity index (χ4n) is 2.40. The minimum absolute atomic E-state index is 0.367. The normalized spacial score (nSPS) is 26.8. The zero-order valence-corrected chi connectivity index (χ0v) is 12.1. The Morgan fingerprint density at radius 3 is 2.94 bits per heavy atom. The zero-order chi connectivity index (χ0) is 13.0. The number of rotatable bonds is 2. The lowest BCUT2D eigenvalue weighted by Gasteiger charge is -2.20. The summed E-state index contributed by atoms with van der Waals surface area (Å²) in [6, 6.07) is 0.367. The minimum atomic E-state index is 0.367. The highest BCUT2D eigenvalue weighted by molar-refractivity contribution is 6.40. The zero-order valence-electron chi connectivity index (χ0n) is 10.5. The largest absolute Gasteiger partial charge is 0.328 e. The van der Waals surface area contributed by atoms with Gasteiger partial charge in [0.25, 0.3) is 0 Å². The molecule has 18 heavy (non-hydrogen) atoms. The molecule has 4 heteroatoms. The topological polar surface area (TPSA) is 29.3 Å². The van der Waals surface area contributed by atoms with Crippen molar-refractivity contribution in [2.45, 2.75) is 31.7 Å². The van der Waals surface area contributed by atoms with Crippen LogP contribution in [0.4, 0.5) is 0 Å². The Labute approximate surface area is 119 Å². The molecule has 1 heterocycles. The lowest BCUT2D eigenvalue weighted by Crippen LogP contribution is -2.28. The smallest absolute Gasteiger partial charge is 0.0557 e. The van der Waals surface area contributed by atoms with Crippen molar-refractivity contribution in [3.05, 3.63) is 33.9 Å². The molecule has 0 aromatic heterocycles. The molecule has 0 spiro atoms. The lowest BCUT2D eigenvalue weighted by atomic mass is 10.1. The van der Waals surface area contributed by atoms with Gasteiger partial charge in [-0.3, -0.25) is 4.90 Å². The Kier molecular flexibility index (Phi) is 5.31. The molecule has 1 atom stereocenters. The maximum Gasteiger partial charge on any atom is 0.0557 e. The van der Waals surface area contributed by atoms with E-state index in [1.165, 1.54) is 12.0 Å². The molecule has 2 nitrogen and oxygen atoms in total. The molecule has 100 valence electrons. The first kappa shape index (κ1) is 14.1. The van der Waals surface area contributed by atoms with Crippen LogP contribution in [0, 0.1) is 0 Å². The fourth-order valence-corrected chi connectivity index (χ4v) is 2.76. The Bertz CT molecular complexity index is 385. The van der Waals surface area contributed by atoms with E-state index in [-0.39, 0.29) is 0 Å². The van der Waals surface area contributed by atoms with Gasteiger partial charge < -0.3 is 5.73 Å². The molecular formula is C14H20Cl2N2. The van der Waals surface area contributed by atoms with E-state index in [4.69, 9.17) is 28.9 Å². The summed E-state index contributed by atoms with van der Waals surface area (Å²) in [6.07, 6.45) is 10.3. The van der Waals surface area contributed by atoms with Gasteiger partial charge in [-0.25, -0.2) is 0 Å². The van der Waals surface area contributed by atoms with Crippen molar-refractivity contribution in [1.29, 1.82) is 0 Å². The van der Waals surface area contributed by atoms with E-state index in [2.05, 4.69) is 17.1 Å². The van der Waals surface area contributed by atoms with E-state index in [0.717, 1.165) is 43.9 Å². The van der Waals surface area contributed by atoms with Gasteiger partial charge in [0, 0.05) is 24.0 Å². The van der Waals surface area contributed by atoms with Crippen molar-refractivity contribution in [3.8, 4) is 0 Å². The number of hydrogen-bond acceptors (Lipinski definition) is 2. The molecule has 0 bridgehead atoms. The molecule has 0 radical (unpaired) electrons. The number of halogens is 2. The molecule has 1 unspecified atom stereocenters. The summed E-state index contributed by atoms with van der Waals surface area (Å²) < 4.78 is 0. The van der Waals surface area contributed by atoms with Crippen molar-refractivity contribution < 1.29 is 0 Å². The molecule has 2 aliphatic rings. The van der Waals surface area contributed by atoms with Gasteiger partial charge in [-0.1, -0.05) is 35.4 Å². The molecule has 0 saturated carbocycles. The Hall–Kier alpha value is -0.280. The quantitative estimate of drug-likeness (QED) is 0.843. The average Bonchev–Trinajstić information content (AvgIpc) is 2.61. The number of likely N-dealkylation sites (tertiary alicyclic amines) is 1. The van der Waals surface area contributed by atoms with Crippen LogP contribution < -0.4 is 5.73 Å². The Balaban J connectivity index is 1.98. The van der Waals surface area contributed by atoms with Crippen molar-refractivity contribution in [1.82, 2.24) is 4.90 Å². The molecular weight excluding hydrogens is 267 g/mol. The Morgan fingerprint density at radius 2 is 2.11 bits per heavy atom. The van der Waals surface area contributed by atoms with Crippen LogP contribution >= 0.6 is 23.2 Å². The maximum atomic E-state index is 6.13. The number of nitrogens with zero attached hydrogens (tertiary/aromatic N) is 1. The molecule has 0 amide bonds. The van der Waals surface area contributed by atoms with E-state index < -0.39 is 0 Å². The molecule has 0 aromatic carbocycles. The number of nitrogens with two attached hydrogens (primary N) is 1. The van der Waals surface area contributed by atoms with Gasteiger partial charge in [-0.15, -0.1) is 0 Å². The van der Waals surface area contributed by atoms with Gasteiger partial charge >= 0.3 is 0 Å². The van der Waals surface area contributed by atoms with Crippen molar-refractivity contribution in [2.75, 3.05) is 19.6 Å². The first-order valence-electron chi connectivity index (χ1n) is 6.54. The third kappa shape index (κ3) is 4.13. The van der Waals surface area contributed by atoms with Crippen LogP contribution in [0.25, 0.3) is 0 Å². The number of allylic oxidation sites excluding steroid dienone is 4. The molecule has 1 saturated heterocycles. The van der Waals surface area contributed by atoms with Crippen LogP contribution in [0.2, 0.25) is 0 Å². The SMILES string of the molecule is NC1CCCN(CC2=CC(Cl)=C(Cl)CC=C2)CC1. The minimum Gasteiger partial charge on any atom is -0.328 e. The predicted molar refractivity (Wildman–Crippen MR) is 78.8 cm³/mol. The molecule has 1 aliphatic heterocycles. The van der Waals surface area contributed by atoms with Crippen LogP contribution in [0.5, 0.6) is 0 Å². The second-order valence-electron chi connectivity index (χ2n) is 5.05. The van der Waals surface area contributed by atoms with Gasteiger partial charge in [0.1, 0.15) is 0 Å². The monoisotopic (exact) mass is 286 g/mol. The predicted octanol–water partition coefficient (Wildman–Crippen LogP) is 3.38. The molecule has 1 aliphatic carbocycles. The van der Waals surface area contributed by atoms with Crippen molar-refractivity contribution >= 4 is 23.2 Å². The summed E-state index contributed by atoms with van der Waals surface area (Å²) in [4.78, 5) is 2.45. The molecule has 2 rings (SSSR count). The molecule has 0 aromatic rings. The standard InChI is InChI=1S/C14H20Cl2N2/c15-13-5-1-3-11(9-14(13)16)10-18-7-2-4-12(17)6-8-18/h1,3,9,12H,2,4-8,10,17H2. The van der Waals surface area contributed by atoms with E-state index >= 15 is 0 Å². The summed E-state index contributed by atoms with van der Waals surface area (Å²) in [5, 5.41) is 1.39. The third-order valence-corrected chi connectivity index (χ3v) is 4.26. The van der Waals surface area contributed by atoms with E-state index in [1.807, 2.05) is 6.08 Å². The van der Waals surface area contributed by atoms with Gasteiger partial charge in [-0.05, 0) is 44.0 Å². The second kappa shape index (κ2) is 6.76. The van der Waals surface area contributed by atoms with Crippen molar-refractivity contribution in [2.24, 2.45) is 5.73 Å². The first-order chi connectivity index (χ1) is 8.65. The molecule has 1 fully saturated rings. The number of hydrogen-bond donors (Lipinski definition) is 1. The highest BCUT2D eigenvalue weighted by Crippen LogP contribution is 2.24. The fraction of sp³-hybridized carbons (Fsp3) is 0.571. The summed E-state index contributed by atoms with van der Waals surface area (Å²) in [7, 11) is 0. The lowest BCUT2D eigenvalue weighted by molar-refractivity contribution is 0.309. The van der Waals surface area contributed by atoms with Gasteiger partial charge in [0.15, 0.2) is 0 Å². The maximum absolute atomic E-state index is 6.13. The van der Waals surface area contributed by atoms with Gasteiger partial charge in [-0.2, -0.15) is 0 Å². The summed E-state index contributed by atoms with van der Waals surface area (Å²) in [5.74, 6) is 0. The molecule has 2 N–H and O–H groups in total. The van der Waals surface area contributed by atoms with Crippen LogP contribution in [-0.2, 0) is 0 Å². The Morgan fingerprint density at radius 1 is 1.28 bits per heavy atom. The average molecular weight is 287 g/mol. The van der Waals surface area contributed by atoms with Crippen LogP contribution in [0.3, 0.4) is 0 Å². The van der Waals surface area contributed by atoms with E-state index in [1.54, 1.807) is 0 Å². The van der Waals surface area contributed by atoms with E-state index in [0.29, 0.717) is 11.1 Å². The summed E-state index contributed by atoms with van der Waals surface area (Å²) in [6.45, 7) is 3.12. The van der Waals surface area contributed by atoms with Crippen LogP contribution in [0.15, 0.2) is 33.9 Å². The van der Waals surface area contributed by atoms with E-state index in [9.17, 15) is 0 Å². The first-order valence-corrected chi connectivity index (χ1v) is 7.30. The van der Waals surface area contributed by atoms with Crippen LogP contribution in [0.1, 0.15) is 25.7 Å². The van der Waals surface area contributed by atoms with Crippen molar-refractivity contribution in [3.63, 3.8) is 0 Å². The second-order valence-corrected chi connectivity index (χ2v) is 5.91.